The van der Waals surface area contributed by atoms with Crippen molar-refractivity contribution in [2.24, 2.45) is 17.6 Å². The number of aromatic nitrogens is 2. The van der Waals surface area contributed by atoms with Gasteiger partial charge in [-0.05, 0) is 58.6 Å². The Bertz CT molecular complexity index is 994. The van der Waals surface area contributed by atoms with Crippen molar-refractivity contribution >= 4 is 32.5 Å². The lowest BCUT2D eigenvalue weighted by atomic mass is 9.85. The third-order valence-corrected chi connectivity index (χ3v) is 7.85. The largest absolute Gasteiger partial charge is 0.392 e. The van der Waals surface area contributed by atoms with E-state index >= 15 is 0 Å². The Hall–Kier alpha value is -1.51. The van der Waals surface area contributed by atoms with Crippen LogP contribution in [-0.4, -0.2) is 34.4 Å². The van der Waals surface area contributed by atoms with Crippen molar-refractivity contribution in [1.29, 1.82) is 0 Å². The quantitative estimate of drug-likeness (QED) is 0.560. The number of H-pyrrole nitrogens is 1. The second kappa shape index (κ2) is 8.47. The zero-order valence-electron chi connectivity index (χ0n) is 16.5. The number of halogens is 1. The number of rotatable bonds is 5. The summed E-state index contributed by atoms with van der Waals surface area (Å²) < 4.78 is 3.50. The van der Waals surface area contributed by atoms with Gasteiger partial charge in [0.25, 0.3) is 0 Å². The zero-order valence-corrected chi connectivity index (χ0v) is 18.7. The predicted octanol–water partition coefficient (Wildman–Crippen LogP) is 3.30. The molecule has 5 nitrogen and oxygen atoms in total. The molecule has 6 heteroatoms. The highest BCUT2D eigenvalue weighted by atomic mass is 127. The number of hydrogen-bond donors (Lipinski definition) is 3. The fraction of sp³-hybridized carbons (Fsp3) is 0.455. The third kappa shape index (κ3) is 4.09. The fourth-order valence-electron chi connectivity index (χ4n) is 4.24. The number of hydrogen-bond acceptors (Lipinski definition) is 4. The van der Waals surface area contributed by atoms with Crippen LogP contribution in [0, 0.1) is 15.1 Å². The molecule has 2 aliphatic heterocycles. The highest BCUT2D eigenvalue weighted by molar-refractivity contribution is 14.2. The number of anilines is 1. The van der Waals surface area contributed by atoms with Crippen molar-refractivity contribution in [3.8, 4) is 11.3 Å². The summed E-state index contributed by atoms with van der Waals surface area (Å²) in [5, 5.41) is 18.9. The van der Waals surface area contributed by atoms with E-state index in [1.165, 1.54) is 14.2 Å². The number of nitrogens with two attached hydrogens (primary N) is 1. The molecule has 1 aromatic heterocycles. The Kier molecular flexibility index (Phi) is 5.99. The normalized spacial score (nSPS) is 21.7. The van der Waals surface area contributed by atoms with E-state index in [0.29, 0.717) is 11.8 Å². The van der Waals surface area contributed by atoms with Crippen molar-refractivity contribution < 1.29 is 5.11 Å². The number of aliphatic hydroxyl groups is 1. The summed E-state index contributed by atoms with van der Waals surface area (Å²) in [7, 11) is 0. The number of allylic oxidation sites excluding steroid dienone is 1. The van der Waals surface area contributed by atoms with E-state index in [4.69, 9.17) is 5.73 Å². The van der Waals surface area contributed by atoms with Crippen LogP contribution in [0.5, 0.6) is 0 Å². The molecule has 4 N–H and O–H groups in total. The van der Waals surface area contributed by atoms with Gasteiger partial charge in [0.1, 0.15) is 5.69 Å². The molecule has 0 bridgehead atoms. The van der Waals surface area contributed by atoms with Gasteiger partial charge in [0.15, 0.2) is 0 Å². The summed E-state index contributed by atoms with van der Waals surface area (Å²) in [6, 6.07) is 6.68. The summed E-state index contributed by atoms with van der Waals surface area (Å²) in [4.78, 5) is 2.44. The maximum atomic E-state index is 9.85. The standard InChI is InChI=1S/C22H29IN4O/c1-14(2)8-17-12-27(7-5-20(17)24)18-10-15(13-28)9-16(11-18)21-19-4-3-6-23-22(19)26-25-21/h3-4,6,9-11,14,17,20,28H,5,7-8,12-13,24H2,1-2H3,(H,25,26). The molecule has 0 amide bonds. The SMILES string of the molecule is CC(C)CC1CN(c2cc(CO)cc(-c3n[nH]c4c3=CC=CI=4)c2)CCC1N. The third-order valence-electron chi connectivity index (χ3n) is 5.63. The minimum Gasteiger partial charge on any atom is -0.392 e. The molecule has 28 heavy (non-hydrogen) atoms. The molecule has 1 fully saturated rings. The molecule has 1 saturated heterocycles. The van der Waals surface area contributed by atoms with E-state index in [1.54, 1.807) is 0 Å². The van der Waals surface area contributed by atoms with Crippen LogP contribution < -0.4 is 15.9 Å². The van der Waals surface area contributed by atoms with Crippen LogP contribution in [-0.2, 0) is 6.61 Å². The summed E-state index contributed by atoms with van der Waals surface area (Å²) in [6.07, 6.45) is 6.44. The fourth-order valence-corrected chi connectivity index (χ4v) is 6.05. The predicted molar refractivity (Wildman–Crippen MR) is 124 cm³/mol. The number of benzene rings is 1. The average molecular weight is 492 g/mol. The zero-order chi connectivity index (χ0) is 19.7. The van der Waals surface area contributed by atoms with Crippen molar-refractivity contribution in [2.75, 3.05) is 18.0 Å². The second-order valence-electron chi connectivity index (χ2n) is 8.23. The van der Waals surface area contributed by atoms with Gasteiger partial charge >= 0.3 is 0 Å². The molecule has 2 aliphatic rings. The Morgan fingerprint density at radius 2 is 2.21 bits per heavy atom. The van der Waals surface area contributed by atoms with E-state index in [2.05, 4.69) is 63.4 Å². The molecule has 4 rings (SSSR count). The van der Waals surface area contributed by atoms with E-state index in [0.717, 1.165) is 42.8 Å². The van der Waals surface area contributed by atoms with Crippen LogP contribution in [0.25, 0.3) is 17.3 Å². The van der Waals surface area contributed by atoms with Gasteiger partial charge in [-0.15, -0.1) is 0 Å². The lowest BCUT2D eigenvalue weighted by Crippen LogP contribution is -2.47. The number of aromatic amines is 1. The molecule has 3 heterocycles. The van der Waals surface area contributed by atoms with E-state index < -0.39 is 0 Å². The Morgan fingerprint density at radius 3 is 3.00 bits per heavy atom. The molecule has 2 aromatic rings. The molecular formula is C22H29IN4O. The molecule has 150 valence electrons. The van der Waals surface area contributed by atoms with Crippen LogP contribution >= 0.6 is 20.7 Å². The summed E-state index contributed by atoms with van der Waals surface area (Å²) in [5.74, 6) is 1.16. The van der Waals surface area contributed by atoms with Gasteiger partial charge in [-0.2, -0.15) is 5.10 Å². The van der Waals surface area contributed by atoms with Crippen molar-refractivity contribution in [1.82, 2.24) is 10.2 Å². The first kappa shape index (κ1) is 19.8. The summed E-state index contributed by atoms with van der Waals surface area (Å²) in [5.41, 5.74) is 10.6. The molecule has 1 aromatic carbocycles. The minimum atomic E-state index is -0.132. The molecule has 2 atom stereocenters. The first-order valence-corrected chi connectivity index (χ1v) is 12.3. The molecule has 0 aliphatic carbocycles. The highest BCUT2D eigenvalue weighted by Gasteiger charge is 2.27. The molecule has 0 radical (unpaired) electrons. The van der Waals surface area contributed by atoms with Crippen molar-refractivity contribution in [2.45, 2.75) is 39.3 Å². The summed E-state index contributed by atoms with van der Waals surface area (Å²) in [6.45, 7) is 6.51. The first-order chi connectivity index (χ1) is 13.5. The van der Waals surface area contributed by atoms with Crippen LogP contribution in [0.15, 0.2) is 28.4 Å². The Balaban J connectivity index is 1.70. The first-order valence-electron chi connectivity index (χ1n) is 10.0. The van der Waals surface area contributed by atoms with Crippen LogP contribution in [0.1, 0.15) is 32.3 Å². The number of nitrogens with one attached hydrogen (secondary N) is 1. The maximum Gasteiger partial charge on any atom is 0.100 e. The lowest BCUT2D eigenvalue weighted by molar-refractivity contribution is 0.281. The van der Waals surface area contributed by atoms with Gasteiger partial charge in [0.2, 0.25) is 0 Å². The van der Waals surface area contributed by atoms with E-state index in [9.17, 15) is 5.11 Å². The summed E-state index contributed by atoms with van der Waals surface area (Å²) >= 11 is -0.132. The number of fused-ring (bicyclic) bond motifs is 1. The van der Waals surface area contributed by atoms with Crippen LogP contribution in [0.4, 0.5) is 5.69 Å². The van der Waals surface area contributed by atoms with Crippen LogP contribution in [0.3, 0.4) is 0 Å². The van der Waals surface area contributed by atoms with Gasteiger partial charge in [-0.1, -0.05) is 40.7 Å². The smallest absolute Gasteiger partial charge is 0.100 e. The molecule has 2 unspecified atom stereocenters. The minimum absolute atomic E-state index is 0.0345. The van der Waals surface area contributed by atoms with E-state index in [1.807, 2.05) is 0 Å². The van der Waals surface area contributed by atoms with E-state index in [-0.39, 0.29) is 33.4 Å². The van der Waals surface area contributed by atoms with Crippen molar-refractivity contribution in [3.05, 3.63) is 42.4 Å². The van der Waals surface area contributed by atoms with Crippen molar-refractivity contribution in [3.63, 3.8) is 0 Å². The second-order valence-corrected chi connectivity index (χ2v) is 10.6. The van der Waals surface area contributed by atoms with Crippen LogP contribution in [0.2, 0.25) is 0 Å². The number of aliphatic hydroxyl groups excluding tert-OH is 1. The molecular weight excluding hydrogens is 463 g/mol. The lowest BCUT2D eigenvalue weighted by Gasteiger charge is -2.39. The molecule has 0 spiro atoms. The van der Waals surface area contributed by atoms with Gasteiger partial charge in [-0.3, -0.25) is 5.10 Å². The maximum absolute atomic E-state index is 9.85. The van der Waals surface area contributed by atoms with Gasteiger partial charge in [-0.25, -0.2) is 0 Å². The van der Waals surface area contributed by atoms with Gasteiger partial charge in [0.05, 0.1) is 9.89 Å². The topological polar surface area (TPSA) is 78.2 Å². The monoisotopic (exact) mass is 492 g/mol. The Labute approximate surface area is 176 Å². The van der Waals surface area contributed by atoms with Gasteiger partial charge in [0, 0.05) is 35.6 Å². The number of nitrogens with zero attached hydrogens (tertiary/aromatic N) is 2. The Morgan fingerprint density at radius 1 is 1.36 bits per heavy atom. The highest BCUT2D eigenvalue weighted by Crippen LogP contribution is 2.30. The molecule has 0 saturated carbocycles. The number of piperidine rings is 1. The van der Waals surface area contributed by atoms with Gasteiger partial charge < -0.3 is 15.7 Å². The average Bonchev–Trinajstić information content (AvgIpc) is 3.13.